The molecule has 1 heterocycles. The molecule has 0 spiro atoms. The molecule has 0 saturated heterocycles. The number of halogens is 2. The lowest BCUT2D eigenvalue weighted by Crippen LogP contribution is -2.13. The predicted molar refractivity (Wildman–Crippen MR) is 118 cm³/mol. The molecular weight excluding hydrogens is 433 g/mol. The van der Waals surface area contributed by atoms with Gasteiger partial charge in [0.1, 0.15) is 10.7 Å². The minimum atomic E-state index is -3.88. The number of nitrogens with zero attached hydrogens (tertiary/aromatic N) is 3. The van der Waals surface area contributed by atoms with Crippen LogP contribution < -0.4 is 14.9 Å². The summed E-state index contributed by atoms with van der Waals surface area (Å²) >= 11 is 11.9. The highest BCUT2D eigenvalue weighted by atomic mass is 35.5. The molecule has 10 heteroatoms. The molecule has 1 aromatic heterocycles. The molecule has 152 valence electrons. The summed E-state index contributed by atoms with van der Waals surface area (Å²) in [5.74, 6) is 1.23. The zero-order valence-corrected chi connectivity index (χ0v) is 18.3. The second kappa shape index (κ2) is 8.44. The van der Waals surface area contributed by atoms with E-state index in [1.165, 1.54) is 18.2 Å². The molecular formula is C19H19Cl2N5O2S. The highest BCUT2D eigenvalue weighted by molar-refractivity contribution is 7.92. The van der Waals surface area contributed by atoms with E-state index in [1.807, 2.05) is 32.0 Å². The number of rotatable bonds is 6. The lowest BCUT2D eigenvalue weighted by Gasteiger charge is -2.14. The molecule has 0 unspecified atom stereocenters. The fourth-order valence-electron chi connectivity index (χ4n) is 2.48. The topological polar surface area (TPSA) is 87.2 Å². The largest absolute Gasteiger partial charge is 0.363 e. The quantitative estimate of drug-likeness (QED) is 0.564. The summed E-state index contributed by atoms with van der Waals surface area (Å²) in [4.78, 5) is 10.6. The van der Waals surface area contributed by atoms with Gasteiger partial charge in [0.15, 0.2) is 0 Å². The van der Waals surface area contributed by atoms with E-state index in [0.717, 1.165) is 11.5 Å². The summed E-state index contributed by atoms with van der Waals surface area (Å²) in [7, 11) is -0.0732. The van der Waals surface area contributed by atoms with E-state index in [1.54, 1.807) is 24.3 Å². The highest BCUT2D eigenvalue weighted by Crippen LogP contribution is 2.27. The lowest BCUT2D eigenvalue weighted by molar-refractivity contribution is 0.601. The van der Waals surface area contributed by atoms with E-state index in [-0.39, 0.29) is 14.9 Å². The summed E-state index contributed by atoms with van der Waals surface area (Å²) < 4.78 is 27.7. The van der Waals surface area contributed by atoms with Crippen LogP contribution >= 0.6 is 23.2 Å². The summed E-state index contributed by atoms with van der Waals surface area (Å²) in [6.07, 6.45) is 0. The molecule has 2 aromatic carbocycles. The Balaban J connectivity index is 1.78. The number of anilines is 4. The summed E-state index contributed by atoms with van der Waals surface area (Å²) in [6, 6.07) is 12.8. The van der Waals surface area contributed by atoms with Crippen molar-refractivity contribution in [3.63, 3.8) is 0 Å². The van der Waals surface area contributed by atoms with E-state index >= 15 is 0 Å². The van der Waals surface area contributed by atoms with Gasteiger partial charge in [0, 0.05) is 42.3 Å². The number of aromatic nitrogens is 2. The maximum Gasteiger partial charge on any atom is 0.263 e. The Morgan fingerprint density at radius 3 is 2.24 bits per heavy atom. The van der Waals surface area contributed by atoms with E-state index in [9.17, 15) is 8.42 Å². The third-order valence-electron chi connectivity index (χ3n) is 3.87. The summed E-state index contributed by atoms with van der Waals surface area (Å²) in [5.41, 5.74) is 1.92. The Morgan fingerprint density at radius 1 is 0.931 bits per heavy atom. The van der Waals surface area contributed by atoms with Gasteiger partial charge in [-0.05, 0) is 49.4 Å². The van der Waals surface area contributed by atoms with E-state index in [0.29, 0.717) is 17.3 Å². The molecule has 0 aliphatic carbocycles. The molecule has 0 aliphatic rings. The van der Waals surface area contributed by atoms with Crippen LogP contribution in [-0.2, 0) is 10.0 Å². The standard InChI is InChI=1S/C19H19Cl2N5O2S/c1-12-10-18(26(2)3)24-19(22-12)23-14-5-7-15(8-6-14)25-29(27,28)17-11-13(20)4-9-16(17)21/h4-11,25H,1-3H3,(H,22,23,24). The van der Waals surface area contributed by atoms with Crippen molar-refractivity contribution in [1.29, 1.82) is 0 Å². The zero-order chi connectivity index (χ0) is 21.2. The minimum Gasteiger partial charge on any atom is -0.363 e. The molecule has 3 aromatic rings. The number of benzene rings is 2. The maximum atomic E-state index is 12.6. The average molecular weight is 452 g/mol. The van der Waals surface area contributed by atoms with Gasteiger partial charge in [-0.25, -0.2) is 13.4 Å². The van der Waals surface area contributed by atoms with Gasteiger partial charge in [-0.2, -0.15) is 4.98 Å². The van der Waals surface area contributed by atoms with Crippen molar-refractivity contribution in [3.8, 4) is 0 Å². The van der Waals surface area contributed by atoms with E-state index in [4.69, 9.17) is 23.2 Å². The first-order valence-corrected chi connectivity index (χ1v) is 10.8. The van der Waals surface area contributed by atoms with Gasteiger partial charge in [0.2, 0.25) is 5.95 Å². The SMILES string of the molecule is Cc1cc(N(C)C)nc(Nc2ccc(NS(=O)(=O)c3cc(Cl)ccc3Cl)cc2)n1. The van der Waals surface area contributed by atoms with Crippen LogP contribution in [0.1, 0.15) is 5.69 Å². The van der Waals surface area contributed by atoms with E-state index < -0.39 is 10.0 Å². The summed E-state index contributed by atoms with van der Waals surface area (Å²) in [6.45, 7) is 1.89. The summed E-state index contributed by atoms with van der Waals surface area (Å²) in [5, 5.41) is 3.49. The van der Waals surface area contributed by atoms with Gasteiger partial charge >= 0.3 is 0 Å². The molecule has 0 aliphatic heterocycles. The third-order valence-corrected chi connectivity index (χ3v) is 5.97. The van der Waals surface area contributed by atoms with Crippen LogP contribution in [0, 0.1) is 6.92 Å². The number of hydrogen-bond acceptors (Lipinski definition) is 6. The third kappa shape index (κ3) is 5.29. The van der Waals surface area contributed by atoms with Crippen LogP contribution in [-0.4, -0.2) is 32.5 Å². The number of hydrogen-bond donors (Lipinski definition) is 2. The first kappa shape index (κ1) is 21.2. The highest BCUT2D eigenvalue weighted by Gasteiger charge is 2.18. The zero-order valence-electron chi connectivity index (χ0n) is 15.9. The molecule has 2 N–H and O–H groups in total. The molecule has 0 bridgehead atoms. The molecule has 3 rings (SSSR count). The monoisotopic (exact) mass is 451 g/mol. The molecule has 0 amide bonds. The Labute approximate surface area is 179 Å². The van der Waals surface area contributed by atoms with Crippen molar-refractivity contribution < 1.29 is 8.42 Å². The number of sulfonamides is 1. The first-order chi connectivity index (χ1) is 13.6. The van der Waals surface area contributed by atoms with Crippen LogP contribution in [0.2, 0.25) is 10.0 Å². The van der Waals surface area contributed by atoms with Crippen LogP contribution in [0.3, 0.4) is 0 Å². The molecule has 0 fully saturated rings. The van der Waals surface area contributed by atoms with Crippen molar-refractivity contribution in [2.75, 3.05) is 29.0 Å². The van der Waals surface area contributed by atoms with Crippen LogP contribution in [0.25, 0.3) is 0 Å². The van der Waals surface area contributed by atoms with Crippen LogP contribution in [0.5, 0.6) is 0 Å². The number of nitrogens with one attached hydrogen (secondary N) is 2. The molecule has 29 heavy (non-hydrogen) atoms. The lowest BCUT2D eigenvalue weighted by atomic mass is 10.3. The number of aryl methyl sites for hydroxylation is 1. The predicted octanol–water partition coefficient (Wildman–Crippen LogP) is 4.70. The Hall–Kier alpha value is -2.55. The fraction of sp³-hybridized carbons (Fsp3) is 0.158. The minimum absolute atomic E-state index is 0.0850. The molecule has 7 nitrogen and oxygen atoms in total. The van der Waals surface area contributed by atoms with Crippen molar-refractivity contribution in [2.24, 2.45) is 0 Å². The van der Waals surface area contributed by atoms with Gasteiger partial charge in [-0.3, -0.25) is 4.72 Å². The Morgan fingerprint density at radius 2 is 1.59 bits per heavy atom. The van der Waals surface area contributed by atoms with Gasteiger partial charge in [-0.1, -0.05) is 23.2 Å². The van der Waals surface area contributed by atoms with Crippen molar-refractivity contribution in [2.45, 2.75) is 11.8 Å². The van der Waals surface area contributed by atoms with Gasteiger partial charge in [0.25, 0.3) is 10.0 Å². The second-order valence-corrected chi connectivity index (χ2v) is 8.96. The van der Waals surface area contributed by atoms with Gasteiger partial charge < -0.3 is 10.2 Å². The first-order valence-electron chi connectivity index (χ1n) is 8.52. The maximum absolute atomic E-state index is 12.6. The molecule has 0 radical (unpaired) electrons. The van der Waals surface area contributed by atoms with Gasteiger partial charge in [0.05, 0.1) is 5.02 Å². The average Bonchev–Trinajstić information content (AvgIpc) is 2.64. The smallest absolute Gasteiger partial charge is 0.263 e. The fourth-order valence-corrected chi connectivity index (χ4v) is 4.30. The van der Waals surface area contributed by atoms with Crippen LogP contribution in [0.15, 0.2) is 53.4 Å². The van der Waals surface area contributed by atoms with Crippen molar-refractivity contribution in [1.82, 2.24) is 9.97 Å². The molecule has 0 atom stereocenters. The van der Waals surface area contributed by atoms with Gasteiger partial charge in [-0.15, -0.1) is 0 Å². The van der Waals surface area contributed by atoms with Crippen LogP contribution in [0.4, 0.5) is 23.1 Å². The van der Waals surface area contributed by atoms with Crippen molar-refractivity contribution >= 4 is 56.4 Å². The Kier molecular flexibility index (Phi) is 6.16. The molecule has 0 saturated carbocycles. The van der Waals surface area contributed by atoms with E-state index in [2.05, 4.69) is 20.0 Å². The normalized spacial score (nSPS) is 11.2. The Bertz CT molecular complexity index is 1140. The van der Waals surface area contributed by atoms with Crippen molar-refractivity contribution in [3.05, 3.63) is 64.3 Å². The second-order valence-electron chi connectivity index (χ2n) is 6.47.